The number of halogens is 2. The molecule has 3 N–H and O–H groups in total. The van der Waals surface area contributed by atoms with E-state index < -0.39 is 26.0 Å². The molecule has 0 unspecified atom stereocenters. The smallest absolute Gasteiger partial charge is 0.194 e. The van der Waals surface area contributed by atoms with Gasteiger partial charge in [0.2, 0.25) is 0 Å². The van der Waals surface area contributed by atoms with E-state index in [1.54, 1.807) is 36.4 Å². The summed E-state index contributed by atoms with van der Waals surface area (Å²) in [6.07, 6.45) is 0.468. The third-order valence-electron chi connectivity index (χ3n) is 5.35. The molecule has 186 valence electrons. The third kappa shape index (κ3) is 5.75. The number of hydrogen-bond acceptors (Lipinski definition) is 7. The van der Waals surface area contributed by atoms with Gasteiger partial charge < -0.3 is 15.2 Å². The molecule has 0 saturated heterocycles. The monoisotopic (exact) mass is 573 g/mol. The van der Waals surface area contributed by atoms with E-state index in [9.17, 15) is 27.0 Å². The van der Waals surface area contributed by atoms with Gasteiger partial charge in [-0.2, -0.15) is 0 Å². The van der Waals surface area contributed by atoms with Gasteiger partial charge in [0.1, 0.15) is 0 Å². The minimum Gasteiger partial charge on any atom is -0.363 e. The van der Waals surface area contributed by atoms with E-state index in [2.05, 4.69) is 4.98 Å². The standard InChI is InChI=1S/C23H21Cl2NO6S3/c1-34(29,30)10-14-5-3-12(7-17(14)24)16-9-33-22-19(21(23(27)28)26-20(16)22)13-4-6-15(18(25)8-13)11-35(2,31)32/h3-9,23,26-28H,10-11H2,1-2H3. The molecule has 4 aromatic rings. The number of aliphatic hydroxyl groups excluding tert-OH is 1. The summed E-state index contributed by atoms with van der Waals surface area (Å²) < 4.78 is 47.4. The average molecular weight is 575 g/mol. The van der Waals surface area contributed by atoms with E-state index in [1.165, 1.54) is 11.3 Å². The van der Waals surface area contributed by atoms with Gasteiger partial charge in [-0.05, 0) is 34.4 Å². The van der Waals surface area contributed by atoms with Crippen LogP contribution >= 0.6 is 34.5 Å². The molecule has 0 fully saturated rings. The lowest BCUT2D eigenvalue weighted by Gasteiger charge is -2.09. The molecule has 0 aliphatic rings. The molecule has 0 radical (unpaired) electrons. The Bertz CT molecular complexity index is 1650. The first-order chi connectivity index (χ1) is 16.2. The number of aromatic nitrogens is 1. The predicted molar refractivity (Wildman–Crippen MR) is 141 cm³/mol. The number of nitrogens with one attached hydrogen (secondary N) is 1. The van der Waals surface area contributed by atoms with Crippen LogP contribution in [0.15, 0.2) is 41.8 Å². The lowest BCUT2D eigenvalue weighted by atomic mass is 10.0. The van der Waals surface area contributed by atoms with Crippen LogP contribution in [-0.4, -0.2) is 44.5 Å². The fraction of sp³-hybridized carbons (Fsp3) is 0.217. The normalized spacial score (nSPS) is 12.7. The van der Waals surface area contributed by atoms with Gasteiger partial charge in [0.05, 0.1) is 27.4 Å². The molecular weight excluding hydrogens is 553 g/mol. The molecule has 2 aromatic carbocycles. The molecule has 12 heteroatoms. The van der Waals surface area contributed by atoms with E-state index in [1.807, 2.05) is 5.38 Å². The molecule has 0 saturated carbocycles. The number of rotatable bonds is 7. The van der Waals surface area contributed by atoms with E-state index in [-0.39, 0.29) is 22.2 Å². The van der Waals surface area contributed by atoms with Crippen molar-refractivity contribution in [1.82, 2.24) is 4.98 Å². The Kier molecular flexibility index (Phi) is 7.11. The summed E-state index contributed by atoms with van der Waals surface area (Å²) in [5, 5.41) is 22.6. The van der Waals surface area contributed by atoms with Crippen molar-refractivity contribution < 1.29 is 27.0 Å². The summed E-state index contributed by atoms with van der Waals surface area (Å²) in [7, 11) is -6.53. The molecule has 0 bridgehead atoms. The molecular formula is C23H21Cl2NO6S3. The Hall–Kier alpha value is -1.92. The maximum absolute atomic E-state index is 11.7. The number of H-pyrrole nitrogens is 1. The Morgan fingerprint density at radius 3 is 1.89 bits per heavy atom. The fourth-order valence-corrected chi connectivity index (χ4v) is 7.30. The highest BCUT2D eigenvalue weighted by atomic mass is 35.5. The lowest BCUT2D eigenvalue weighted by molar-refractivity contribution is -0.0448. The van der Waals surface area contributed by atoms with Crippen molar-refractivity contribution >= 4 is 64.4 Å². The van der Waals surface area contributed by atoms with Crippen LogP contribution in [0, 0.1) is 0 Å². The van der Waals surface area contributed by atoms with Crippen molar-refractivity contribution in [1.29, 1.82) is 0 Å². The zero-order chi connectivity index (χ0) is 25.7. The fourth-order valence-electron chi connectivity index (χ4n) is 3.89. The number of fused-ring (bicyclic) bond motifs is 1. The first kappa shape index (κ1) is 26.2. The number of sulfone groups is 2. The zero-order valence-corrected chi connectivity index (χ0v) is 22.5. The molecule has 0 aliphatic heterocycles. The van der Waals surface area contributed by atoms with Gasteiger partial charge in [0.15, 0.2) is 26.0 Å². The van der Waals surface area contributed by atoms with Crippen LogP contribution in [0.3, 0.4) is 0 Å². The van der Waals surface area contributed by atoms with E-state index in [0.717, 1.165) is 28.3 Å². The minimum atomic E-state index is -3.28. The number of aromatic amines is 1. The quantitative estimate of drug-likeness (QED) is 0.269. The van der Waals surface area contributed by atoms with Gasteiger partial charge in [-0.3, -0.25) is 0 Å². The molecule has 0 spiro atoms. The van der Waals surface area contributed by atoms with E-state index in [0.29, 0.717) is 32.8 Å². The van der Waals surface area contributed by atoms with Gasteiger partial charge >= 0.3 is 0 Å². The van der Waals surface area contributed by atoms with Gasteiger partial charge in [-0.15, -0.1) is 11.3 Å². The summed E-state index contributed by atoms with van der Waals surface area (Å²) in [5.74, 6) is -0.377. The molecule has 2 heterocycles. The lowest BCUT2D eigenvalue weighted by Crippen LogP contribution is -2.01. The van der Waals surface area contributed by atoms with Crippen molar-refractivity contribution in [3.8, 4) is 22.3 Å². The molecule has 7 nitrogen and oxygen atoms in total. The van der Waals surface area contributed by atoms with Crippen LogP contribution < -0.4 is 0 Å². The molecule has 4 rings (SSSR count). The molecule has 2 aromatic heterocycles. The van der Waals surface area contributed by atoms with Gasteiger partial charge in [0.25, 0.3) is 0 Å². The second kappa shape index (κ2) is 9.51. The van der Waals surface area contributed by atoms with Gasteiger partial charge in [-0.25, -0.2) is 16.8 Å². The zero-order valence-electron chi connectivity index (χ0n) is 18.5. The minimum absolute atomic E-state index is 0.167. The Morgan fingerprint density at radius 1 is 0.886 bits per heavy atom. The SMILES string of the molecule is CS(=O)(=O)Cc1ccc(-c2csc3c(-c4ccc(CS(C)(=O)=O)c(Cl)c4)c(C(O)O)[nH]c23)cc1Cl. The Labute approximate surface area is 216 Å². The van der Waals surface area contributed by atoms with Crippen molar-refractivity contribution in [2.75, 3.05) is 12.5 Å². The second-order valence-corrected chi connectivity index (χ2v) is 14.4. The maximum atomic E-state index is 11.7. The summed E-state index contributed by atoms with van der Waals surface area (Å²) in [6, 6.07) is 10.0. The van der Waals surface area contributed by atoms with Crippen LogP contribution in [-0.2, 0) is 31.2 Å². The summed E-state index contributed by atoms with van der Waals surface area (Å²) >= 11 is 14.1. The van der Waals surface area contributed by atoms with Gasteiger partial charge in [-0.1, -0.05) is 47.5 Å². The highest BCUT2D eigenvalue weighted by molar-refractivity contribution is 7.90. The van der Waals surface area contributed by atoms with Crippen molar-refractivity contribution in [3.63, 3.8) is 0 Å². The van der Waals surface area contributed by atoms with Crippen molar-refractivity contribution in [3.05, 3.63) is 68.6 Å². The first-order valence-corrected chi connectivity index (χ1v) is 15.9. The largest absolute Gasteiger partial charge is 0.363 e. The Balaban J connectivity index is 1.82. The molecule has 0 aliphatic carbocycles. The first-order valence-electron chi connectivity index (χ1n) is 10.2. The summed E-state index contributed by atoms with van der Waals surface area (Å²) in [6.45, 7) is 0. The van der Waals surface area contributed by atoms with Crippen LogP contribution in [0.2, 0.25) is 10.0 Å². The molecule has 0 amide bonds. The van der Waals surface area contributed by atoms with Gasteiger partial charge in [0, 0.05) is 39.1 Å². The van der Waals surface area contributed by atoms with E-state index >= 15 is 0 Å². The highest BCUT2D eigenvalue weighted by Gasteiger charge is 2.23. The number of benzene rings is 2. The second-order valence-electron chi connectivity index (χ2n) is 8.39. The topological polar surface area (TPSA) is 125 Å². The van der Waals surface area contributed by atoms with Crippen LogP contribution in [0.5, 0.6) is 0 Å². The average Bonchev–Trinajstić information content (AvgIpc) is 3.28. The number of hydrogen-bond donors (Lipinski definition) is 3. The Morgan fingerprint density at radius 2 is 1.40 bits per heavy atom. The molecule has 0 atom stereocenters. The predicted octanol–water partition coefficient (Wildman–Crippen LogP) is 4.94. The molecule has 35 heavy (non-hydrogen) atoms. The summed E-state index contributed by atoms with van der Waals surface area (Å²) in [4.78, 5) is 3.09. The van der Waals surface area contributed by atoms with Crippen molar-refractivity contribution in [2.24, 2.45) is 0 Å². The number of thiophene rings is 1. The maximum Gasteiger partial charge on any atom is 0.194 e. The van der Waals surface area contributed by atoms with Crippen LogP contribution in [0.4, 0.5) is 0 Å². The third-order valence-corrected chi connectivity index (χ3v) is 8.72. The van der Waals surface area contributed by atoms with Crippen molar-refractivity contribution in [2.45, 2.75) is 17.8 Å². The number of aliphatic hydroxyl groups is 2. The summed E-state index contributed by atoms with van der Waals surface area (Å²) in [5.41, 5.74) is 4.38. The van der Waals surface area contributed by atoms with E-state index in [4.69, 9.17) is 23.2 Å². The highest BCUT2D eigenvalue weighted by Crippen LogP contribution is 2.44. The van der Waals surface area contributed by atoms with Crippen LogP contribution in [0.1, 0.15) is 23.1 Å². The van der Waals surface area contributed by atoms with Crippen LogP contribution in [0.25, 0.3) is 32.5 Å².